The van der Waals surface area contributed by atoms with E-state index in [2.05, 4.69) is 5.16 Å². The molecule has 2 nitrogen and oxygen atoms in total. The van der Waals surface area contributed by atoms with Gasteiger partial charge in [0.05, 0.1) is 6.21 Å². The van der Waals surface area contributed by atoms with E-state index < -0.39 is 0 Å². The summed E-state index contributed by atoms with van der Waals surface area (Å²) in [5.41, 5.74) is 2.19. The molecule has 3 heteroatoms. The Morgan fingerprint density at radius 2 is 1.63 bits per heavy atom. The molecule has 0 aromatic heterocycles. The number of hydrogen-bond donors (Lipinski definition) is 0. The molecule has 0 spiro atoms. The van der Waals surface area contributed by atoms with Crippen LogP contribution in [0.4, 0.5) is 4.39 Å². The first-order chi connectivity index (χ1) is 9.18. The molecule has 0 radical (unpaired) electrons. The van der Waals surface area contributed by atoms with E-state index in [1.807, 2.05) is 44.2 Å². The van der Waals surface area contributed by atoms with Crippen LogP contribution in [0.5, 0.6) is 0 Å². The molecule has 0 N–H and O–H groups in total. The minimum absolute atomic E-state index is 0.0249. The molecule has 0 unspecified atom stereocenters. The number of benzene rings is 2. The highest BCUT2D eigenvalue weighted by atomic mass is 19.1. The SMILES string of the molecule is CC(C)O/N=C/c1ccccc1-c1ccccc1F. The Bertz CT molecular complexity index is 578. The maximum Gasteiger partial charge on any atom is 0.131 e. The maximum absolute atomic E-state index is 13.8. The maximum atomic E-state index is 13.8. The van der Waals surface area contributed by atoms with Crippen LogP contribution in [-0.4, -0.2) is 12.3 Å². The topological polar surface area (TPSA) is 21.6 Å². The third-order valence-corrected chi connectivity index (χ3v) is 2.59. The lowest BCUT2D eigenvalue weighted by Gasteiger charge is -2.07. The molecule has 98 valence electrons. The number of rotatable bonds is 4. The van der Waals surface area contributed by atoms with Crippen LogP contribution in [0.25, 0.3) is 11.1 Å². The lowest BCUT2D eigenvalue weighted by Crippen LogP contribution is -1.97. The van der Waals surface area contributed by atoms with Crippen LogP contribution in [0.3, 0.4) is 0 Å². The fourth-order valence-electron chi connectivity index (χ4n) is 1.74. The summed E-state index contributed by atoms with van der Waals surface area (Å²) in [7, 11) is 0. The second-order valence-electron chi connectivity index (χ2n) is 4.46. The van der Waals surface area contributed by atoms with Crippen LogP contribution in [0.2, 0.25) is 0 Å². The van der Waals surface area contributed by atoms with Gasteiger partial charge in [-0.15, -0.1) is 0 Å². The third kappa shape index (κ3) is 3.41. The zero-order valence-electron chi connectivity index (χ0n) is 11.0. The number of halogens is 1. The molecule has 2 aromatic rings. The summed E-state index contributed by atoms with van der Waals surface area (Å²) < 4.78 is 13.8. The van der Waals surface area contributed by atoms with Gasteiger partial charge in [0.2, 0.25) is 0 Å². The zero-order chi connectivity index (χ0) is 13.7. The predicted molar refractivity (Wildman–Crippen MR) is 75.7 cm³/mol. The smallest absolute Gasteiger partial charge is 0.131 e. The second kappa shape index (κ2) is 6.14. The van der Waals surface area contributed by atoms with Crippen molar-refractivity contribution < 1.29 is 9.23 Å². The highest BCUT2D eigenvalue weighted by molar-refractivity contribution is 5.90. The van der Waals surface area contributed by atoms with Gasteiger partial charge in [-0.25, -0.2) is 4.39 Å². The summed E-state index contributed by atoms with van der Waals surface area (Å²) in [6.07, 6.45) is 1.64. The summed E-state index contributed by atoms with van der Waals surface area (Å²) in [4.78, 5) is 5.14. The number of oxime groups is 1. The number of hydrogen-bond acceptors (Lipinski definition) is 2. The van der Waals surface area contributed by atoms with Gasteiger partial charge in [-0.1, -0.05) is 47.6 Å². The lowest BCUT2D eigenvalue weighted by atomic mass is 10.00. The Hall–Kier alpha value is -2.16. The molecule has 0 atom stereocenters. The van der Waals surface area contributed by atoms with Crippen LogP contribution >= 0.6 is 0 Å². The van der Waals surface area contributed by atoms with E-state index in [4.69, 9.17) is 4.84 Å². The molecule has 0 saturated carbocycles. The van der Waals surface area contributed by atoms with Gasteiger partial charge in [0.1, 0.15) is 11.9 Å². The van der Waals surface area contributed by atoms with Crippen LogP contribution in [0, 0.1) is 5.82 Å². The highest BCUT2D eigenvalue weighted by Crippen LogP contribution is 2.25. The molecule has 0 aliphatic heterocycles. The molecular weight excluding hydrogens is 241 g/mol. The summed E-state index contributed by atoms with van der Waals surface area (Å²) >= 11 is 0. The van der Waals surface area contributed by atoms with Gasteiger partial charge >= 0.3 is 0 Å². The van der Waals surface area contributed by atoms with Crippen molar-refractivity contribution in [3.05, 3.63) is 59.9 Å². The summed E-state index contributed by atoms with van der Waals surface area (Å²) in [5.74, 6) is -0.242. The van der Waals surface area contributed by atoms with Gasteiger partial charge in [-0.05, 0) is 25.5 Å². The van der Waals surface area contributed by atoms with E-state index in [1.165, 1.54) is 6.07 Å². The largest absolute Gasteiger partial charge is 0.393 e. The average molecular weight is 257 g/mol. The van der Waals surface area contributed by atoms with Crippen LogP contribution in [-0.2, 0) is 4.84 Å². The van der Waals surface area contributed by atoms with E-state index >= 15 is 0 Å². The van der Waals surface area contributed by atoms with E-state index in [1.54, 1.807) is 18.3 Å². The quantitative estimate of drug-likeness (QED) is 0.592. The Labute approximate surface area is 112 Å². The van der Waals surface area contributed by atoms with Gasteiger partial charge in [-0.2, -0.15) is 0 Å². The monoisotopic (exact) mass is 257 g/mol. The lowest BCUT2D eigenvalue weighted by molar-refractivity contribution is 0.0874. The van der Waals surface area contributed by atoms with Gasteiger partial charge < -0.3 is 4.84 Å². The Morgan fingerprint density at radius 3 is 2.32 bits per heavy atom. The van der Waals surface area contributed by atoms with E-state index in [0.717, 1.165) is 11.1 Å². The summed E-state index contributed by atoms with van der Waals surface area (Å²) in [6.45, 7) is 3.81. The van der Waals surface area contributed by atoms with Crippen LogP contribution < -0.4 is 0 Å². The Kier molecular flexibility index (Phi) is 4.29. The molecule has 0 aliphatic carbocycles. The molecule has 0 fully saturated rings. The normalized spacial score (nSPS) is 11.2. The van der Waals surface area contributed by atoms with Crippen molar-refractivity contribution in [2.75, 3.05) is 0 Å². The summed E-state index contributed by atoms with van der Waals surface area (Å²) in [5, 5.41) is 3.91. The second-order valence-corrected chi connectivity index (χ2v) is 4.46. The van der Waals surface area contributed by atoms with Crippen molar-refractivity contribution >= 4 is 6.21 Å². The predicted octanol–water partition coefficient (Wildman–Crippen LogP) is 4.25. The molecule has 0 aliphatic rings. The molecule has 0 saturated heterocycles. The van der Waals surface area contributed by atoms with Gasteiger partial charge in [0.25, 0.3) is 0 Å². The van der Waals surface area contributed by atoms with Crippen molar-refractivity contribution in [1.29, 1.82) is 0 Å². The molecule has 19 heavy (non-hydrogen) atoms. The molecule has 0 heterocycles. The number of nitrogens with zero attached hydrogens (tertiary/aromatic N) is 1. The van der Waals surface area contributed by atoms with Crippen molar-refractivity contribution in [2.45, 2.75) is 20.0 Å². The average Bonchev–Trinajstić information content (AvgIpc) is 2.40. The first-order valence-corrected chi connectivity index (χ1v) is 6.21. The first-order valence-electron chi connectivity index (χ1n) is 6.21. The van der Waals surface area contributed by atoms with Gasteiger partial charge in [0, 0.05) is 11.1 Å². The van der Waals surface area contributed by atoms with Crippen molar-refractivity contribution in [3.8, 4) is 11.1 Å². The first kappa shape index (κ1) is 13.3. The molecular formula is C16H16FNO. The minimum atomic E-state index is -0.242. The Balaban J connectivity index is 2.37. The van der Waals surface area contributed by atoms with Crippen molar-refractivity contribution in [3.63, 3.8) is 0 Å². The molecule has 2 aromatic carbocycles. The van der Waals surface area contributed by atoms with Gasteiger partial charge in [-0.3, -0.25) is 0 Å². The minimum Gasteiger partial charge on any atom is -0.393 e. The van der Waals surface area contributed by atoms with E-state index in [9.17, 15) is 4.39 Å². The fourth-order valence-corrected chi connectivity index (χ4v) is 1.74. The van der Waals surface area contributed by atoms with Crippen molar-refractivity contribution in [1.82, 2.24) is 0 Å². The van der Waals surface area contributed by atoms with Crippen LogP contribution in [0.1, 0.15) is 19.4 Å². The van der Waals surface area contributed by atoms with Gasteiger partial charge in [0.15, 0.2) is 0 Å². The fraction of sp³-hybridized carbons (Fsp3) is 0.188. The summed E-state index contributed by atoms with van der Waals surface area (Å²) in [6, 6.07) is 14.2. The molecule has 0 amide bonds. The van der Waals surface area contributed by atoms with E-state index in [0.29, 0.717) is 5.56 Å². The highest BCUT2D eigenvalue weighted by Gasteiger charge is 2.07. The van der Waals surface area contributed by atoms with E-state index in [-0.39, 0.29) is 11.9 Å². The van der Waals surface area contributed by atoms with Crippen LogP contribution in [0.15, 0.2) is 53.7 Å². The molecule has 0 bridgehead atoms. The zero-order valence-corrected chi connectivity index (χ0v) is 11.0. The van der Waals surface area contributed by atoms with Crippen molar-refractivity contribution in [2.24, 2.45) is 5.16 Å². The molecule has 2 rings (SSSR count). The third-order valence-electron chi connectivity index (χ3n) is 2.59. The standard InChI is InChI=1S/C16H16FNO/c1-12(2)19-18-11-13-7-3-4-8-14(13)15-9-5-6-10-16(15)17/h3-12H,1-2H3/b18-11+. The Morgan fingerprint density at radius 1 is 1.00 bits per heavy atom.